The zero-order valence-corrected chi connectivity index (χ0v) is 24.1. The number of aromatic carboxylic acids is 1. The van der Waals surface area contributed by atoms with Crippen LogP contribution in [0.2, 0.25) is 10.0 Å². The topological polar surface area (TPSA) is 118 Å². The van der Waals surface area contributed by atoms with E-state index < -0.39 is 23.3 Å². The molecule has 182 valence electrons. The van der Waals surface area contributed by atoms with Gasteiger partial charge in [-0.25, -0.2) is 13.2 Å². The first-order valence-electron chi connectivity index (χ1n) is 9.11. The molecule has 0 aliphatic carbocycles. The highest BCUT2D eigenvalue weighted by Crippen LogP contribution is 2.43. The average Bonchev–Trinajstić information content (AvgIpc) is 2.70. The molecular weight excluding hydrogens is 695 g/mol. The van der Waals surface area contributed by atoms with Crippen molar-refractivity contribution in [3.63, 3.8) is 0 Å². The van der Waals surface area contributed by atoms with Crippen LogP contribution in [0.25, 0.3) is 0 Å². The van der Waals surface area contributed by atoms with Crippen LogP contribution in [0, 0.1) is 6.92 Å². The predicted octanol–water partition coefficient (Wildman–Crippen LogP) is 6.89. The third-order valence-electron chi connectivity index (χ3n) is 3.97. The van der Waals surface area contributed by atoms with Gasteiger partial charge in [0.15, 0.2) is 0 Å². The number of carbonyl (C=O) groups is 2. The van der Waals surface area contributed by atoms with Gasteiger partial charge >= 0.3 is 11.9 Å². The lowest BCUT2D eigenvalue weighted by Gasteiger charge is -2.14. The van der Waals surface area contributed by atoms with Crippen molar-refractivity contribution in [1.82, 2.24) is 0 Å². The Morgan fingerprint density at radius 2 is 1.58 bits per heavy atom. The maximum atomic E-state index is 12.1. The van der Waals surface area contributed by atoms with E-state index in [1.165, 1.54) is 24.3 Å². The molecule has 0 aliphatic heterocycles. The van der Waals surface area contributed by atoms with E-state index in [4.69, 9.17) is 38.2 Å². The van der Waals surface area contributed by atoms with Gasteiger partial charge in [-0.1, -0.05) is 23.2 Å². The van der Waals surface area contributed by atoms with E-state index in [-0.39, 0.29) is 21.9 Å². The molecule has 2 rings (SSSR count). The molecule has 0 aromatic heterocycles. The van der Waals surface area contributed by atoms with E-state index >= 15 is 0 Å². The largest absolute Gasteiger partial charge is 0.494 e. The number of rotatable bonds is 8. The number of hydrogen-bond donors (Lipinski definition) is 2. The Kier molecular flexibility index (Phi) is 12.2. The summed E-state index contributed by atoms with van der Waals surface area (Å²) in [6.45, 7) is 2.11. The Morgan fingerprint density at radius 3 is 2.06 bits per heavy atom. The summed E-state index contributed by atoms with van der Waals surface area (Å²) in [6, 6.07) is 8.89. The van der Waals surface area contributed by atoms with Gasteiger partial charge in [0, 0.05) is 11.4 Å². The standard InChI is InChI=1S/C12H13Br3O5S.C8H6Cl2O2/c13-12(14,15)21(18,19)10-6-4-9(5-7-10)20-8-2-1-3-11(16)17;1-4-2-5(8(11)12)7(10)3-6(4)9/h4-7H,1-3,8H2,(H,16,17);2-3H,1H3,(H,11,12). The van der Waals surface area contributed by atoms with Crippen molar-refractivity contribution in [3.05, 3.63) is 57.6 Å². The molecule has 2 aromatic rings. The Balaban J connectivity index is 0.000000383. The highest BCUT2D eigenvalue weighted by atomic mass is 80.0. The quantitative estimate of drug-likeness (QED) is 0.226. The van der Waals surface area contributed by atoms with Crippen molar-refractivity contribution in [2.24, 2.45) is 0 Å². The van der Waals surface area contributed by atoms with Crippen LogP contribution in [-0.2, 0) is 14.6 Å². The SMILES string of the molecule is Cc1cc(C(=O)O)c(Cl)cc1Cl.O=C(O)CCCCOc1ccc(S(=O)(=O)C(Br)(Br)Br)cc1. The third-order valence-corrected chi connectivity index (χ3v) is 10.0. The van der Waals surface area contributed by atoms with Crippen LogP contribution in [-0.4, -0.2) is 38.7 Å². The lowest BCUT2D eigenvalue weighted by molar-refractivity contribution is -0.137. The molecule has 0 saturated carbocycles. The molecule has 0 spiro atoms. The van der Waals surface area contributed by atoms with Gasteiger partial charge in [0.25, 0.3) is 0 Å². The van der Waals surface area contributed by atoms with Crippen LogP contribution in [0.5, 0.6) is 5.75 Å². The van der Waals surface area contributed by atoms with Gasteiger partial charge in [0.1, 0.15) is 5.75 Å². The normalized spacial score (nSPS) is 11.3. The van der Waals surface area contributed by atoms with Crippen LogP contribution in [0.1, 0.15) is 35.2 Å². The summed E-state index contributed by atoms with van der Waals surface area (Å²) in [7, 11) is -3.60. The van der Waals surface area contributed by atoms with E-state index in [2.05, 4.69) is 47.8 Å². The van der Waals surface area contributed by atoms with E-state index in [0.717, 1.165) is 0 Å². The van der Waals surface area contributed by atoms with E-state index in [1.807, 2.05) is 0 Å². The molecule has 0 radical (unpaired) electrons. The Bertz CT molecular complexity index is 1090. The second-order valence-corrected chi connectivity index (χ2v) is 17.7. The monoisotopic (exact) mass is 710 g/mol. The highest BCUT2D eigenvalue weighted by Gasteiger charge is 2.37. The van der Waals surface area contributed by atoms with Gasteiger partial charge in [-0.05, 0) is 110 Å². The van der Waals surface area contributed by atoms with Crippen LogP contribution in [0.3, 0.4) is 0 Å². The van der Waals surface area contributed by atoms with Crippen molar-refractivity contribution >= 4 is 92.8 Å². The maximum absolute atomic E-state index is 12.1. The Morgan fingerprint density at radius 1 is 1.00 bits per heavy atom. The molecule has 0 heterocycles. The second kappa shape index (κ2) is 13.3. The van der Waals surface area contributed by atoms with E-state index in [9.17, 15) is 18.0 Å². The van der Waals surface area contributed by atoms with Gasteiger partial charge in [0.2, 0.25) is 11.3 Å². The minimum Gasteiger partial charge on any atom is -0.494 e. The molecule has 0 fully saturated rings. The van der Waals surface area contributed by atoms with Gasteiger partial charge in [0.05, 0.1) is 22.1 Å². The van der Waals surface area contributed by atoms with Crippen molar-refractivity contribution < 1.29 is 33.0 Å². The molecule has 0 atom stereocenters. The number of aliphatic carboxylic acids is 1. The lowest BCUT2D eigenvalue weighted by Crippen LogP contribution is -2.17. The van der Waals surface area contributed by atoms with Crippen molar-refractivity contribution in [2.45, 2.75) is 32.6 Å². The summed E-state index contributed by atoms with van der Waals surface area (Å²) in [5.41, 5.74) is 0.789. The molecule has 0 aliphatic rings. The van der Waals surface area contributed by atoms with Crippen molar-refractivity contribution in [2.75, 3.05) is 6.61 Å². The summed E-state index contributed by atoms with van der Waals surface area (Å²) in [4.78, 5) is 21.0. The summed E-state index contributed by atoms with van der Waals surface area (Å²) >= 11 is 20.3. The zero-order valence-electron chi connectivity index (χ0n) is 17.0. The van der Waals surface area contributed by atoms with Gasteiger partial charge in [-0.15, -0.1) is 0 Å². The Labute approximate surface area is 226 Å². The first kappa shape index (κ1) is 30.2. The van der Waals surface area contributed by atoms with Crippen molar-refractivity contribution in [3.8, 4) is 5.75 Å². The first-order valence-corrected chi connectivity index (χ1v) is 13.7. The number of carboxylic acids is 2. The summed E-state index contributed by atoms with van der Waals surface area (Å²) in [5.74, 6) is -1.33. The van der Waals surface area contributed by atoms with Crippen LogP contribution in [0.15, 0.2) is 41.3 Å². The number of carboxylic acid groups (broad SMARTS) is 2. The molecule has 13 heteroatoms. The summed E-state index contributed by atoms with van der Waals surface area (Å²) < 4.78 is 28.2. The molecule has 33 heavy (non-hydrogen) atoms. The van der Waals surface area contributed by atoms with Gasteiger partial charge < -0.3 is 14.9 Å². The fourth-order valence-electron chi connectivity index (χ4n) is 2.24. The predicted molar refractivity (Wildman–Crippen MR) is 138 cm³/mol. The smallest absolute Gasteiger partial charge is 0.337 e. The molecule has 2 aromatic carbocycles. The second-order valence-electron chi connectivity index (χ2n) is 6.51. The molecule has 0 saturated heterocycles. The highest BCUT2D eigenvalue weighted by molar-refractivity contribution is 9.42. The number of benzene rings is 2. The van der Waals surface area contributed by atoms with Crippen LogP contribution >= 0.6 is 71.0 Å². The molecule has 2 N–H and O–H groups in total. The fourth-order valence-corrected chi connectivity index (χ4v) is 5.15. The summed E-state index contributed by atoms with van der Waals surface area (Å²) in [6.07, 6.45) is 1.28. The van der Waals surface area contributed by atoms with Crippen molar-refractivity contribution in [1.29, 1.82) is 0 Å². The van der Waals surface area contributed by atoms with E-state index in [1.54, 1.807) is 19.1 Å². The van der Waals surface area contributed by atoms with Crippen LogP contribution < -0.4 is 4.74 Å². The molecule has 0 amide bonds. The number of hydrogen-bond acceptors (Lipinski definition) is 5. The fraction of sp³-hybridized carbons (Fsp3) is 0.300. The maximum Gasteiger partial charge on any atom is 0.337 e. The van der Waals surface area contributed by atoms with Crippen LogP contribution in [0.4, 0.5) is 0 Å². The molecule has 7 nitrogen and oxygen atoms in total. The zero-order chi connectivity index (χ0) is 25.4. The average molecular weight is 714 g/mol. The number of unbranched alkanes of at least 4 members (excludes halogenated alkanes) is 1. The summed E-state index contributed by atoms with van der Waals surface area (Å²) in [5, 5.41) is 17.8. The van der Waals surface area contributed by atoms with E-state index in [0.29, 0.717) is 35.8 Å². The number of halogens is 5. The van der Waals surface area contributed by atoms with Gasteiger partial charge in [-0.2, -0.15) is 0 Å². The minimum absolute atomic E-state index is 0.0820. The number of aryl methyl sites for hydroxylation is 1. The molecule has 0 unspecified atom stereocenters. The number of sulfone groups is 1. The third kappa shape index (κ3) is 9.73. The van der Waals surface area contributed by atoms with Gasteiger partial charge in [-0.3, -0.25) is 4.79 Å². The number of ether oxygens (including phenoxy) is 1. The number of alkyl halides is 3. The molecule has 0 bridgehead atoms. The first-order chi connectivity index (χ1) is 15.2. The minimum atomic E-state index is -3.60. The Hall–Kier alpha value is -0.850. The molecular formula is C20H19Br3Cl2O7S. The lowest BCUT2D eigenvalue weighted by atomic mass is 10.1.